The molecular weight excluding hydrogens is 266 g/mol. The van der Waals surface area contributed by atoms with Gasteiger partial charge in [-0.3, -0.25) is 9.20 Å². The molecule has 0 spiro atoms. The van der Waals surface area contributed by atoms with Crippen molar-refractivity contribution in [3.8, 4) is 0 Å². The van der Waals surface area contributed by atoms with Gasteiger partial charge in [0.25, 0.3) is 0 Å². The zero-order valence-electron chi connectivity index (χ0n) is 10.5. The first kappa shape index (κ1) is 12.0. The summed E-state index contributed by atoms with van der Waals surface area (Å²) in [5.41, 5.74) is 4.15. The highest BCUT2D eigenvalue weighted by atomic mass is 35.5. The van der Waals surface area contributed by atoms with Gasteiger partial charge < -0.3 is 10.1 Å². The van der Waals surface area contributed by atoms with Gasteiger partial charge in [-0.25, -0.2) is 4.98 Å². The molecule has 0 aliphatic carbocycles. The van der Waals surface area contributed by atoms with Crippen LogP contribution in [0.25, 0.3) is 16.8 Å². The van der Waals surface area contributed by atoms with Crippen molar-refractivity contribution in [2.45, 2.75) is 20.3 Å². The van der Waals surface area contributed by atoms with Crippen LogP contribution < -0.4 is 0 Å². The molecule has 0 aliphatic heterocycles. The van der Waals surface area contributed by atoms with Gasteiger partial charge in [-0.2, -0.15) is 0 Å². The predicted molar refractivity (Wildman–Crippen MR) is 72.9 cm³/mol. The summed E-state index contributed by atoms with van der Waals surface area (Å²) in [6, 6.07) is 3.66. The van der Waals surface area contributed by atoms with Crippen LogP contribution in [0.3, 0.4) is 0 Å². The van der Waals surface area contributed by atoms with Crippen LogP contribution in [-0.4, -0.2) is 25.4 Å². The first-order chi connectivity index (χ1) is 8.97. The van der Waals surface area contributed by atoms with Crippen molar-refractivity contribution in [3.05, 3.63) is 34.1 Å². The minimum Gasteiger partial charge on any atom is -0.481 e. The van der Waals surface area contributed by atoms with Crippen LogP contribution in [0.15, 0.2) is 12.1 Å². The van der Waals surface area contributed by atoms with Crippen molar-refractivity contribution >= 4 is 34.4 Å². The third kappa shape index (κ3) is 1.77. The fourth-order valence-electron chi connectivity index (χ4n) is 2.42. The lowest BCUT2D eigenvalue weighted by Crippen LogP contribution is -2.04. The fourth-order valence-corrected chi connectivity index (χ4v) is 2.69. The van der Waals surface area contributed by atoms with Gasteiger partial charge in [-0.15, -0.1) is 0 Å². The number of aromatic amines is 1. The SMILES string of the molecule is Cc1[nH]c2nc3c(C)cc(Cl)cc3n2c1CC(=O)O. The Balaban J connectivity index is 2.43. The van der Waals surface area contributed by atoms with E-state index < -0.39 is 5.97 Å². The molecule has 0 atom stereocenters. The maximum atomic E-state index is 11.0. The number of rotatable bonds is 2. The Morgan fingerprint density at radius 3 is 2.89 bits per heavy atom. The lowest BCUT2D eigenvalue weighted by atomic mass is 10.2. The molecule has 2 N–H and O–H groups in total. The molecule has 6 heteroatoms. The molecule has 0 fully saturated rings. The van der Waals surface area contributed by atoms with Crippen molar-refractivity contribution < 1.29 is 9.90 Å². The van der Waals surface area contributed by atoms with E-state index in [-0.39, 0.29) is 6.42 Å². The number of hydrogen-bond acceptors (Lipinski definition) is 2. The molecule has 3 rings (SSSR count). The first-order valence-electron chi connectivity index (χ1n) is 5.85. The second-order valence-corrected chi connectivity index (χ2v) is 5.06. The van der Waals surface area contributed by atoms with Crippen LogP contribution in [0.1, 0.15) is 17.0 Å². The van der Waals surface area contributed by atoms with Gasteiger partial charge in [0.2, 0.25) is 5.78 Å². The van der Waals surface area contributed by atoms with Crippen LogP contribution in [0, 0.1) is 13.8 Å². The van der Waals surface area contributed by atoms with Crippen LogP contribution in [-0.2, 0) is 11.2 Å². The quantitative estimate of drug-likeness (QED) is 0.756. The molecule has 0 unspecified atom stereocenters. The van der Waals surface area contributed by atoms with Crippen molar-refractivity contribution in [2.75, 3.05) is 0 Å². The highest BCUT2D eigenvalue weighted by molar-refractivity contribution is 6.31. The van der Waals surface area contributed by atoms with E-state index in [0.29, 0.717) is 16.5 Å². The number of hydrogen-bond donors (Lipinski definition) is 2. The zero-order chi connectivity index (χ0) is 13.7. The average Bonchev–Trinajstić information content (AvgIpc) is 2.77. The van der Waals surface area contributed by atoms with Crippen molar-refractivity contribution in [2.24, 2.45) is 0 Å². The normalized spacial score (nSPS) is 11.5. The van der Waals surface area contributed by atoms with Gasteiger partial charge in [0.15, 0.2) is 0 Å². The van der Waals surface area contributed by atoms with Gasteiger partial charge >= 0.3 is 5.97 Å². The van der Waals surface area contributed by atoms with Gasteiger partial charge in [0.1, 0.15) is 0 Å². The number of benzene rings is 1. The second kappa shape index (κ2) is 3.99. The Morgan fingerprint density at radius 1 is 1.47 bits per heavy atom. The molecule has 98 valence electrons. The number of carboxylic acid groups (broad SMARTS) is 1. The highest BCUT2D eigenvalue weighted by Crippen LogP contribution is 2.26. The van der Waals surface area contributed by atoms with Crippen LogP contribution in [0.5, 0.6) is 0 Å². The number of halogens is 1. The number of aromatic nitrogens is 3. The summed E-state index contributed by atoms with van der Waals surface area (Å²) in [4.78, 5) is 18.6. The number of carbonyl (C=O) groups is 1. The fraction of sp³-hybridized carbons (Fsp3) is 0.231. The van der Waals surface area contributed by atoms with Crippen LogP contribution in [0.4, 0.5) is 0 Å². The minimum absolute atomic E-state index is 0.0527. The second-order valence-electron chi connectivity index (χ2n) is 4.63. The minimum atomic E-state index is -0.871. The summed E-state index contributed by atoms with van der Waals surface area (Å²) < 4.78 is 1.83. The van der Waals surface area contributed by atoms with Crippen LogP contribution >= 0.6 is 11.6 Å². The van der Waals surface area contributed by atoms with Gasteiger partial charge in [0, 0.05) is 10.7 Å². The van der Waals surface area contributed by atoms with E-state index in [1.54, 1.807) is 0 Å². The summed E-state index contributed by atoms with van der Waals surface area (Å²) in [6.07, 6.45) is -0.0527. The highest BCUT2D eigenvalue weighted by Gasteiger charge is 2.17. The molecule has 0 bridgehead atoms. The number of aliphatic carboxylic acids is 1. The van der Waals surface area contributed by atoms with E-state index in [4.69, 9.17) is 16.7 Å². The molecule has 0 saturated heterocycles. The number of fused-ring (bicyclic) bond motifs is 3. The largest absolute Gasteiger partial charge is 0.481 e. The predicted octanol–water partition coefficient (Wildman–Crippen LogP) is 2.71. The third-order valence-corrected chi connectivity index (χ3v) is 3.45. The average molecular weight is 278 g/mol. The number of carboxylic acids is 1. The number of aryl methyl sites for hydroxylation is 2. The molecule has 19 heavy (non-hydrogen) atoms. The van der Waals surface area contributed by atoms with E-state index in [0.717, 1.165) is 22.3 Å². The smallest absolute Gasteiger partial charge is 0.309 e. The van der Waals surface area contributed by atoms with Crippen LogP contribution in [0.2, 0.25) is 5.02 Å². The number of H-pyrrole nitrogens is 1. The molecule has 0 saturated carbocycles. The summed E-state index contributed by atoms with van der Waals surface area (Å²) in [5, 5.41) is 9.63. The van der Waals surface area contributed by atoms with E-state index in [2.05, 4.69) is 9.97 Å². The zero-order valence-corrected chi connectivity index (χ0v) is 11.2. The van der Waals surface area contributed by atoms with Gasteiger partial charge in [-0.05, 0) is 31.5 Å². The van der Waals surface area contributed by atoms with E-state index >= 15 is 0 Å². The Morgan fingerprint density at radius 2 is 2.21 bits per heavy atom. The van der Waals surface area contributed by atoms with Gasteiger partial charge in [0.05, 0.1) is 23.1 Å². The lowest BCUT2D eigenvalue weighted by molar-refractivity contribution is -0.136. The maximum absolute atomic E-state index is 11.0. The Hall–Kier alpha value is -2.01. The number of nitrogens with one attached hydrogen (secondary N) is 1. The Kier molecular flexibility index (Phi) is 2.53. The molecule has 0 radical (unpaired) electrons. The third-order valence-electron chi connectivity index (χ3n) is 3.24. The lowest BCUT2D eigenvalue weighted by Gasteiger charge is -2.01. The summed E-state index contributed by atoms with van der Waals surface area (Å²) >= 11 is 6.08. The Bertz CT molecular complexity index is 816. The number of nitrogens with zero attached hydrogens (tertiary/aromatic N) is 2. The summed E-state index contributed by atoms with van der Waals surface area (Å²) in [5.74, 6) is -0.223. The Labute approximate surface area is 113 Å². The summed E-state index contributed by atoms with van der Waals surface area (Å²) in [7, 11) is 0. The molecule has 2 heterocycles. The van der Waals surface area contributed by atoms with Crippen molar-refractivity contribution in [1.82, 2.24) is 14.4 Å². The molecular formula is C13H12ClN3O2. The molecule has 5 nitrogen and oxygen atoms in total. The van der Waals surface area contributed by atoms with E-state index in [1.807, 2.05) is 30.4 Å². The van der Waals surface area contributed by atoms with Gasteiger partial charge in [-0.1, -0.05) is 11.6 Å². The summed E-state index contributed by atoms with van der Waals surface area (Å²) in [6.45, 7) is 3.78. The first-order valence-corrected chi connectivity index (χ1v) is 6.22. The topological polar surface area (TPSA) is 70.4 Å². The molecule has 0 aliphatic rings. The molecule has 0 amide bonds. The molecule has 3 aromatic rings. The van der Waals surface area contributed by atoms with E-state index in [1.165, 1.54) is 0 Å². The molecule has 2 aromatic heterocycles. The van der Waals surface area contributed by atoms with Crippen molar-refractivity contribution in [1.29, 1.82) is 0 Å². The van der Waals surface area contributed by atoms with Crippen molar-refractivity contribution in [3.63, 3.8) is 0 Å². The monoisotopic (exact) mass is 277 g/mol. The van der Waals surface area contributed by atoms with E-state index in [9.17, 15) is 4.79 Å². The molecule has 1 aromatic carbocycles. The maximum Gasteiger partial charge on any atom is 0.309 e. The number of imidazole rings is 2. The standard InChI is InChI=1S/C13H12ClN3O2/c1-6-3-8(14)4-10-12(6)16-13-15-7(2)9(17(10)13)5-11(18)19/h3-4H,5H2,1-2H3,(H,15,16)(H,18,19).